The van der Waals surface area contributed by atoms with Crippen molar-refractivity contribution in [2.45, 2.75) is 6.92 Å². The molecule has 0 fully saturated rings. The second-order valence-electron chi connectivity index (χ2n) is 3.68. The lowest BCUT2D eigenvalue weighted by molar-refractivity contribution is 0.0118. The van der Waals surface area contributed by atoms with Crippen LogP contribution in [0.5, 0.6) is 0 Å². The van der Waals surface area contributed by atoms with E-state index in [4.69, 9.17) is 18.8 Å². The van der Waals surface area contributed by atoms with Gasteiger partial charge in [0.05, 0.1) is 52.2 Å². The summed E-state index contributed by atoms with van der Waals surface area (Å²) in [6.07, 6.45) is 1.72. The zero-order valence-corrected chi connectivity index (χ0v) is 14.1. The Morgan fingerprint density at radius 2 is 1.10 bits per heavy atom. The highest BCUT2D eigenvalue weighted by atomic mass is 32.2. The largest absolute Gasteiger partial charge is 0.379 e. The third kappa shape index (κ3) is 38.3. The van der Waals surface area contributed by atoms with E-state index in [1.165, 1.54) is 0 Å². The van der Waals surface area contributed by atoms with E-state index < -0.39 is 20.2 Å². The van der Waals surface area contributed by atoms with Crippen LogP contribution in [-0.4, -0.2) is 80.1 Å². The van der Waals surface area contributed by atoms with E-state index in [0.717, 1.165) is 6.26 Å². The van der Waals surface area contributed by atoms with E-state index >= 15 is 0 Å². The summed E-state index contributed by atoms with van der Waals surface area (Å²) in [5.74, 6) is 0. The third-order valence-corrected chi connectivity index (χ3v) is 2.07. The molecule has 9 nitrogen and oxygen atoms in total. The van der Waals surface area contributed by atoms with E-state index in [0.29, 0.717) is 39.3 Å². The molecule has 0 aliphatic heterocycles. The van der Waals surface area contributed by atoms with Gasteiger partial charge in [0.2, 0.25) is 0 Å². The molecular formula is C10H24O9S2. The highest BCUT2D eigenvalue weighted by Gasteiger charge is 2.00. The van der Waals surface area contributed by atoms with Crippen molar-refractivity contribution in [1.29, 1.82) is 0 Å². The number of rotatable bonds is 11. The lowest BCUT2D eigenvalue weighted by Gasteiger charge is -2.05. The standard InChI is InChI=1S/C9H20O6S.CH4O3S/c1-3-12-4-5-13-6-7-14-8-9-15-16(2,10)11;1-5(2,3)4/h3-9H2,1-2H3;1H3,(H,2,3,4). The number of ether oxygens (including phenoxy) is 3. The molecule has 0 saturated carbocycles. The van der Waals surface area contributed by atoms with Crippen LogP contribution in [0.3, 0.4) is 0 Å². The molecule has 1 N–H and O–H groups in total. The summed E-state index contributed by atoms with van der Waals surface area (Å²) < 4.78 is 66.8. The Morgan fingerprint density at radius 3 is 1.43 bits per heavy atom. The summed E-state index contributed by atoms with van der Waals surface area (Å²) in [4.78, 5) is 0. The van der Waals surface area contributed by atoms with Crippen molar-refractivity contribution in [1.82, 2.24) is 0 Å². The molecule has 0 atom stereocenters. The van der Waals surface area contributed by atoms with Gasteiger partial charge in [-0.3, -0.25) is 8.74 Å². The molecule has 0 unspecified atom stereocenters. The molecule has 0 spiro atoms. The molecule has 21 heavy (non-hydrogen) atoms. The molecule has 0 aliphatic carbocycles. The van der Waals surface area contributed by atoms with Crippen molar-refractivity contribution >= 4 is 20.2 Å². The lowest BCUT2D eigenvalue weighted by Crippen LogP contribution is -2.13. The minimum Gasteiger partial charge on any atom is -0.379 e. The zero-order valence-electron chi connectivity index (χ0n) is 12.5. The summed E-state index contributed by atoms with van der Waals surface area (Å²) in [6, 6.07) is 0. The van der Waals surface area contributed by atoms with Crippen LogP contribution in [0.1, 0.15) is 6.92 Å². The molecule has 130 valence electrons. The first kappa shape index (κ1) is 23.0. The third-order valence-electron chi connectivity index (χ3n) is 1.47. The second-order valence-corrected chi connectivity index (χ2v) is 6.79. The minimum atomic E-state index is -3.67. The second kappa shape index (κ2) is 13.4. The maximum atomic E-state index is 10.6. The molecule has 0 heterocycles. The fourth-order valence-electron chi connectivity index (χ4n) is 0.828. The van der Waals surface area contributed by atoms with Crippen molar-refractivity contribution in [3.63, 3.8) is 0 Å². The van der Waals surface area contributed by atoms with Gasteiger partial charge in [-0.2, -0.15) is 16.8 Å². The maximum absolute atomic E-state index is 10.6. The smallest absolute Gasteiger partial charge is 0.264 e. The van der Waals surface area contributed by atoms with E-state index in [-0.39, 0.29) is 13.2 Å². The van der Waals surface area contributed by atoms with Gasteiger partial charge in [0.1, 0.15) is 0 Å². The van der Waals surface area contributed by atoms with Gasteiger partial charge in [-0.05, 0) is 6.92 Å². The van der Waals surface area contributed by atoms with E-state index in [9.17, 15) is 16.8 Å². The summed E-state index contributed by atoms with van der Waals surface area (Å²) in [6.45, 7) is 4.88. The first-order valence-electron chi connectivity index (χ1n) is 6.06. The van der Waals surface area contributed by atoms with Gasteiger partial charge in [0.25, 0.3) is 20.2 Å². The summed E-state index contributed by atoms with van der Waals surface area (Å²) >= 11 is 0. The summed E-state index contributed by atoms with van der Waals surface area (Å²) in [5, 5.41) is 0. The number of hydrogen-bond acceptors (Lipinski definition) is 8. The quantitative estimate of drug-likeness (QED) is 0.298. The van der Waals surface area contributed by atoms with E-state index in [1.807, 2.05) is 6.92 Å². The van der Waals surface area contributed by atoms with Gasteiger partial charge >= 0.3 is 0 Å². The Balaban J connectivity index is 0. The van der Waals surface area contributed by atoms with Crippen LogP contribution in [0.2, 0.25) is 0 Å². The van der Waals surface area contributed by atoms with Crippen LogP contribution in [0.25, 0.3) is 0 Å². The van der Waals surface area contributed by atoms with Gasteiger partial charge in [-0.25, -0.2) is 0 Å². The fourth-order valence-corrected chi connectivity index (χ4v) is 1.20. The molecule has 0 saturated heterocycles. The van der Waals surface area contributed by atoms with Crippen LogP contribution in [0.15, 0.2) is 0 Å². The normalized spacial score (nSPS) is 11.8. The van der Waals surface area contributed by atoms with Crippen LogP contribution in [-0.2, 0) is 38.6 Å². The van der Waals surface area contributed by atoms with E-state index in [1.54, 1.807) is 0 Å². The average molecular weight is 352 g/mol. The van der Waals surface area contributed by atoms with Crippen LogP contribution in [0, 0.1) is 0 Å². The Hall–Kier alpha value is -0.300. The van der Waals surface area contributed by atoms with Gasteiger partial charge in [0, 0.05) is 6.61 Å². The highest BCUT2D eigenvalue weighted by Crippen LogP contribution is 1.87. The van der Waals surface area contributed by atoms with Gasteiger partial charge in [0.15, 0.2) is 0 Å². The van der Waals surface area contributed by atoms with Crippen molar-refractivity contribution < 1.29 is 39.8 Å². The molecule has 0 radical (unpaired) electrons. The van der Waals surface area contributed by atoms with Gasteiger partial charge in [-0.15, -0.1) is 0 Å². The highest BCUT2D eigenvalue weighted by molar-refractivity contribution is 7.86. The van der Waals surface area contributed by atoms with Crippen molar-refractivity contribution in [2.24, 2.45) is 0 Å². The molecule has 0 aromatic rings. The number of hydrogen-bond donors (Lipinski definition) is 1. The Bertz CT molecular complexity index is 408. The monoisotopic (exact) mass is 352 g/mol. The van der Waals surface area contributed by atoms with Crippen LogP contribution >= 0.6 is 0 Å². The van der Waals surface area contributed by atoms with E-state index in [2.05, 4.69) is 4.18 Å². The topological polar surface area (TPSA) is 125 Å². The van der Waals surface area contributed by atoms with Crippen LogP contribution in [0.4, 0.5) is 0 Å². The molecule has 0 bridgehead atoms. The molecule has 0 rings (SSSR count). The molecular weight excluding hydrogens is 328 g/mol. The fraction of sp³-hybridized carbons (Fsp3) is 1.00. The molecule has 0 aromatic carbocycles. The first-order valence-corrected chi connectivity index (χ1v) is 9.73. The molecule has 0 amide bonds. The molecule has 0 aliphatic rings. The summed E-state index contributed by atoms with van der Waals surface area (Å²) in [7, 11) is -7.03. The van der Waals surface area contributed by atoms with Gasteiger partial charge < -0.3 is 14.2 Å². The van der Waals surface area contributed by atoms with Crippen molar-refractivity contribution in [2.75, 3.05) is 58.8 Å². The predicted molar refractivity (Wildman–Crippen MR) is 76.4 cm³/mol. The maximum Gasteiger partial charge on any atom is 0.264 e. The van der Waals surface area contributed by atoms with Crippen LogP contribution < -0.4 is 0 Å². The van der Waals surface area contributed by atoms with Crippen molar-refractivity contribution in [3.05, 3.63) is 0 Å². The zero-order chi connectivity index (χ0) is 16.8. The lowest BCUT2D eigenvalue weighted by atomic mass is 10.7. The minimum absolute atomic E-state index is 0.0395. The van der Waals surface area contributed by atoms with Gasteiger partial charge in [-0.1, -0.05) is 0 Å². The SMILES string of the molecule is CCOCCOCCOCCOS(C)(=O)=O.CS(=O)(=O)O. The molecule has 11 heteroatoms. The Morgan fingerprint density at radius 1 is 0.762 bits per heavy atom. The average Bonchev–Trinajstić information content (AvgIpc) is 2.28. The predicted octanol–water partition coefficient (Wildman–Crippen LogP) is -0.464. The Labute approximate surface area is 126 Å². The van der Waals surface area contributed by atoms with Crippen molar-refractivity contribution in [3.8, 4) is 0 Å². The summed E-state index contributed by atoms with van der Waals surface area (Å²) in [5.41, 5.74) is 0. The molecule has 0 aromatic heterocycles. The first-order chi connectivity index (χ1) is 9.56. The Kier molecular flexibility index (Phi) is 14.6.